The number of hydrogen-bond donors (Lipinski definition) is 1. The van der Waals surface area contributed by atoms with Crippen LogP contribution < -0.4 is 5.32 Å². The van der Waals surface area contributed by atoms with Crippen molar-refractivity contribution in [2.45, 2.75) is 33.1 Å². The molecule has 1 aliphatic rings. The normalized spacial score (nSPS) is 21.0. The molecule has 1 rings (SSSR count). The summed E-state index contributed by atoms with van der Waals surface area (Å²) in [6.07, 6.45) is 8.36. The van der Waals surface area contributed by atoms with Gasteiger partial charge in [-0.05, 0) is 38.3 Å². The van der Waals surface area contributed by atoms with E-state index in [1.165, 1.54) is 4.31 Å². The molecule has 0 bridgehead atoms. The summed E-state index contributed by atoms with van der Waals surface area (Å²) in [5.41, 5.74) is 0. The van der Waals surface area contributed by atoms with Crippen LogP contribution in [0.25, 0.3) is 0 Å². The molecule has 20 heavy (non-hydrogen) atoms. The molecule has 116 valence electrons. The number of nitrogens with zero attached hydrogens (tertiary/aromatic N) is 2. The summed E-state index contributed by atoms with van der Waals surface area (Å²) in [6.45, 7) is 7.59. The molecule has 1 saturated heterocycles. The second-order valence-corrected chi connectivity index (χ2v) is 7.14. The molecule has 1 unspecified atom stereocenters. The Bertz CT molecular complexity index is 417. The average Bonchev–Trinajstić information content (AvgIpc) is 2.45. The quantitative estimate of drug-likeness (QED) is 0.535. The Balaban J connectivity index is 2.63. The van der Waals surface area contributed by atoms with Crippen molar-refractivity contribution >= 4 is 10.2 Å². The van der Waals surface area contributed by atoms with Gasteiger partial charge in [0, 0.05) is 19.6 Å². The number of hydrogen-bond acceptors (Lipinski definition) is 3. The van der Waals surface area contributed by atoms with Crippen LogP contribution in [0.1, 0.15) is 33.1 Å². The lowest BCUT2D eigenvalue weighted by Gasteiger charge is -2.34. The maximum atomic E-state index is 12.5. The van der Waals surface area contributed by atoms with E-state index in [-0.39, 0.29) is 6.54 Å². The molecule has 0 saturated carbocycles. The molecular formula is C14H27N3O2S. The minimum Gasteiger partial charge on any atom is -0.316 e. The molecule has 0 aromatic rings. The summed E-state index contributed by atoms with van der Waals surface area (Å²) in [7, 11) is -3.40. The van der Waals surface area contributed by atoms with Crippen LogP contribution in [0.15, 0.2) is 0 Å². The van der Waals surface area contributed by atoms with Crippen molar-refractivity contribution in [1.82, 2.24) is 13.9 Å². The monoisotopic (exact) mass is 301 g/mol. The third-order valence-corrected chi connectivity index (χ3v) is 5.64. The smallest absolute Gasteiger partial charge is 0.282 e. The molecule has 0 aromatic heterocycles. The van der Waals surface area contributed by atoms with Crippen molar-refractivity contribution in [1.29, 1.82) is 0 Å². The van der Waals surface area contributed by atoms with Crippen molar-refractivity contribution < 1.29 is 8.42 Å². The van der Waals surface area contributed by atoms with Crippen LogP contribution in [-0.4, -0.2) is 56.3 Å². The van der Waals surface area contributed by atoms with Gasteiger partial charge >= 0.3 is 0 Å². The Morgan fingerprint density at radius 1 is 1.45 bits per heavy atom. The number of terminal acetylenes is 1. The summed E-state index contributed by atoms with van der Waals surface area (Å²) in [5, 5.41) is 3.38. The summed E-state index contributed by atoms with van der Waals surface area (Å²) in [4.78, 5) is 0. The third kappa shape index (κ3) is 4.74. The van der Waals surface area contributed by atoms with Crippen molar-refractivity contribution in [3.8, 4) is 12.3 Å². The lowest BCUT2D eigenvalue weighted by molar-refractivity contribution is 0.245. The van der Waals surface area contributed by atoms with Crippen molar-refractivity contribution in [2.24, 2.45) is 5.92 Å². The molecule has 0 radical (unpaired) electrons. The molecule has 0 amide bonds. The van der Waals surface area contributed by atoms with E-state index in [1.807, 2.05) is 6.92 Å². The fraction of sp³-hybridized carbons (Fsp3) is 0.857. The van der Waals surface area contributed by atoms with Gasteiger partial charge in [-0.25, -0.2) is 0 Å². The van der Waals surface area contributed by atoms with Crippen LogP contribution in [0.5, 0.6) is 0 Å². The van der Waals surface area contributed by atoms with Crippen LogP contribution in [0.4, 0.5) is 0 Å². The Hall–Kier alpha value is -0.610. The van der Waals surface area contributed by atoms with Crippen molar-refractivity contribution in [3.05, 3.63) is 0 Å². The van der Waals surface area contributed by atoms with Gasteiger partial charge < -0.3 is 5.32 Å². The fourth-order valence-electron chi connectivity index (χ4n) is 2.51. The molecule has 0 aliphatic carbocycles. The zero-order chi connectivity index (χ0) is 15.0. The first kappa shape index (κ1) is 17.4. The number of piperidine rings is 1. The van der Waals surface area contributed by atoms with Crippen LogP contribution >= 0.6 is 0 Å². The van der Waals surface area contributed by atoms with E-state index >= 15 is 0 Å². The minimum absolute atomic E-state index is 0.147. The number of nitrogens with one attached hydrogen (secondary N) is 1. The Kier molecular flexibility index (Phi) is 7.52. The Labute approximate surface area is 123 Å². The van der Waals surface area contributed by atoms with Crippen LogP contribution in [-0.2, 0) is 10.2 Å². The second kappa shape index (κ2) is 8.63. The van der Waals surface area contributed by atoms with E-state index in [9.17, 15) is 8.42 Å². The molecule has 1 N–H and O–H groups in total. The average molecular weight is 301 g/mol. The topological polar surface area (TPSA) is 52.7 Å². The highest BCUT2D eigenvalue weighted by atomic mass is 32.2. The van der Waals surface area contributed by atoms with E-state index in [0.29, 0.717) is 25.6 Å². The highest BCUT2D eigenvalue weighted by Crippen LogP contribution is 2.20. The molecule has 0 spiro atoms. The highest BCUT2D eigenvalue weighted by molar-refractivity contribution is 7.86. The molecular weight excluding hydrogens is 274 g/mol. The standard InChI is InChI=1S/C14H27N3O2S/c1-4-9-15-12-14-8-7-11-17(13-14)20(18,19)16(6-3)10-5-2/h2,14-15H,4,6-13H2,1,3H3. The van der Waals surface area contributed by atoms with Gasteiger partial charge in [-0.2, -0.15) is 17.0 Å². The lowest BCUT2D eigenvalue weighted by Crippen LogP contribution is -2.49. The zero-order valence-corrected chi connectivity index (χ0v) is 13.5. The largest absolute Gasteiger partial charge is 0.316 e. The summed E-state index contributed by atoms with van der Waals surface area (Å²) >= 11 is 0. The van der Waals surface area contributed by atoms with Crippen molar-refractivity contribution in [2.75, 3.05) is 39.3 Å². The molecule has 1 atom stereocenters. The van der Waals surface area contributed by atoms with Crippen molar-refractivity contribution in [3.63, 3.8) is 0 Å². The molecule has 6 heteroatoms. The predicted octanol–water partition coefficient (Wildman–Crippen LogP) is 0.898. The summed E-state index contributed by atoms with van der Waals surface area (Å²) < 4.78 is 28.0. The molecule has 0 aromatic carbocycles. The minimum atomic E-state index is -3.40. The second-order valence-electron chi connectivity index (χ2n) is 5.21. The van der Waals surface area contributed by atoms with Gasteiger partial charge in [0.1, 0.15) is 0 Å². The van der Waals surface area contributed by atoms with E-state index in [1.54, 1.807) is 4.31 Å². The number of rotatable bonds is 8. The Morgan fingerprint density at radius 3 is 2.80 bits per heavy atom. The summed E-state index contributed by atoms with van der Waals surface area (Å²) in [5.74, 6) is 2.82. The van der Waals surface area contributed by atoms with Crippen LogP contribution in [0.3, 0.4) is 0 Å². The molecule has 5 nitrogen and oxygen atoms in total. The van der Waals surface area contributed by atoms with Gasteiger partial charge in [0.25, 0.3) is 10.2 Å². The summed E-state index contributed by atoms with van der Waals surface area (Å²) in [6, 6.07) is 0. The SMILES string of the molecule is C#CCN(CC)S(=O)(=O)N1CCCC(CNCCC)C1. The Morgan fingerprint density at radius 2 is 2.20 bits per heavy atom. The van der Waals surface area contributed by atoms with Gasteiger partial charge in [0.15, 0.2) is 0 Å². The van der Waals surface area contributed by atoms with E-state index in [0.717, 1.165) is 32.4 Å². The predicted molar refractivity (Wildman–Crippen MR) is 82.5 cm³/mol. The lowest BCUT2D eigenvalue weighted by atomic mass is 10.00. The van der Waals surface area contributed by atoms with Gasteiger partial charge in [-0.15, -0.1) is 6.42 Å². The van der Waals surface area contributed by atoms with Gasteiger partial charge in [0.2, 0.25) is 0 Å². The molecule has 1 aliphatic heterocycles. The van der Waals surface area contributed by atoms with E-state index in [4.69, 9.17) is 6.42 Å². The first-order chi connectivity index (χ1) is 9.56. The van der Waals surface area contributed by atoms with Crippen LogP contribution in [0.2, 0.25) is 0 Å². The maximum Gasteiger partial charge on any atom is 0.282 e. The fourth-order valence-corrected chi connectivity index (χ4v) is 4.16. The van der Waals surface area contributed by atoms with Gasteiger partial charge in [0.05, 0.1) is 6.54 Å². The van der Waals surface area contributed by atoms with Crippen LogP contribution in [0, 0.1) is 18.3 Å². The third-order valence-electron chi connectivity index (χ3n) is 3.61. The molecule has 1 fully saturated rings. The maximum absolute atomic E-state index is 12.5. The first-order valence-corrected chi connectivity index (χ1v) is 8.85. The first-order valence-electron chi connectivity index (χ1n) is 7.45. The highest BCUT2D eigenvalue weighted by Gasteiger charge is 2.32. The zero-order valence-electron chi connectivity index (χ0n) is 12.6. The van der Waals surface area contributed by atoms with E-state index in [2.05, 4.69) is 18.2 Å². The van der Waals surface area contributed by atoms with E-state index < -0.39 is 10.2 Å². The van der Waals surface area contributed by atoms with Gasteiger partial charge in [-0.3, -0.25) is 0 Å². The molecule has 1 heterocycles. The van der Waals surface area contributed by atoms with Gasteiger partial charge in [-0.1, -0.05) is 19.8 Å².